The van der Waals surface area contributed by atoms with Gasteiger partial charge in [0.25, 0.3) is 0 Å². The van der Waals surface area contributed by atoms with Crippen molar-refractivity contribution in [3.8, 4) is 5.69 Å². The Morgan fingerprint density at radius 1 is 1.16 bits per heavy atom. The third-order valence-corrected chi connectivity index (χ3v) is 8.42. The first-order chi connectivity index (χ1) is 18.0. The zero-order valence-corrected chi connectivity index (χ0v) is 21.4. The van der Waals surface area contributed by atoms with Crippen LogP contribution in [-0.4, -0.2) is 50.5 Å². The number of ether oxygens (including phenoxy) is 1. The second-order valence-corrected chi connectivity index (χ2v) is 11.2. The summed E-state index contributed by atoms with van der Waals surface area (Å²) in [6.45, 7) is 6.27. The molecule has 0 bridgehead atoms. The molecule has 2 aromatic carbocycles. The minimum atomic E-state index is -0.243. The van der Waals surface area contributed by atoms with Crippen molar-refractivity contribution >= 4 is 33.5 Å². The lowest BCUT2D eigenvalue weighted by Gasteiger charge is -2.53. The van der Waals surface area contributed by atoms with Gasteiger partial charge in [0.1, 0.15) is 11.9 Å². The SMILES string of the molecule is Cc1cn(-c2ccc(/C=C3\CC4(COC4)CN4C3=NOC(C)C4c3ccc(F)cc3)c3cnsc23)cn1. The number of fused-ring (bicyclic) bond motifs is 2. The molecule has 2 atom stereocenters. The maximum atomic E-state index is 13.7. The third kappa shape index (κ3) is 3.76. The summed E-state index contributed by atoms with van der Waals surface area (Å²) in [4.78, 5) is 12.7. The largest absolute Gasteiger partial charge is 0.389 e. The Morgan fingerprint density at radius 2 is 2.00 bits per heavy atom. The van der Waals surface area contributed by atoms with E-state index in [1.165, 1.54) is 23.7 Å². The molecule has 2 unspecified atom stereocenters. The van der Waals surface area contributed by atoms with Crippen molar-refractivity contribution < 1.29 is 14.0 Å². The standard InChI is InChI=1S/C28H26FN5O2S/c1-17-12-33(16-30-17)24-8-5-20(23-11-31-37-26(23)24)9-21-10-28(14-35-15-28)13-34-25(18(2)36-32-27(21)34)19-3-6-22(29)7-4-19/h3-9,11-12,16,18,25H,10,13-15H2,1-2H3/b21-9+. The minimum Gasteiger partial charge on any atom is -0.389 e. The van der Waals surface area contributed by atoms with Gasteiger partial charge in [0.2, 0.25) is 0 Å². The second-order valence-electron chi connectivity index (χ2n) is 10.4. The highest BCUT2D eigenvalue weighted by atomic mass is 32.1. The number of nitrogens with zero attached hydrogens (tertiary/aromatic N) is 5. The molecule has 0 radical (unpaired) electrons. The van der Waals surface area contributed by atoms with Gasteiger partial charge in [-0.1, -0.05) is 23.4 Å². The van der Waals surface area contributed by atoms with E-state index in [4.69, 9.17) is 9.57 Å². The van der Waals surface area contributed by atoms with Crippen LogP contribution in [0, 0.1) is 18.2 Å². The maximum Gasteiger partial charge on any atom is 0.172 e. The van der Waals surface area contributed by atoms with E-state index in [0.717, 1.165) is 57.0 Å². The van der Waals surface area contributed by atoms with E-state index in [1.807, 2.05) is 49.3 Å². The highest BCUT2D eigenvalue weighted by Crippen LogP contribution is 2.46. The van der Waals surface area contributed by atoms with Crippen LogP contribution >= 0.6 is 11.5 Å². The summed E-state index contributed by atoms with van der Waals surface area (Å²) in [5.41, 5.74) is 5.30. The van der Waals surface area contributed by atoms with E-state index in [9.17, 15) is 4.39 Å². The zero-order valence-electron chi connectivity index (χ0n) is 20.6. The molecule has 0 saturated carbocycles. The van der Waals surface area contributed by atoms with Gasteiger partial charge in [-0.15, -0.1) is 0 Å². The lowest BCUT2D eigenvalue weighted by molar-refractivity contribution is -0.136. The normalized spacial score (nSPS) is 23.6. The van der Waals surface area contributed by atoms with Gasteiger partial charge in [-0.25, -0.2) is 9.37 Å². The molecule has 3 aliphatic heterocycles. The number of aryl methyl sites for hydroxylation is 1. The molecule has 0 N–H and O–H groups in total. The summed E-state index contributed by atoms with van der Waals surface area (Å²) >= 11 is 1.49. The predicted octanol–water partition coefficient (Wildman–Crippen LogP) is 5.51. The number of aromatic nitrogens is 3. The molecule has 7 rings (SSSR count). The number of oxime groups is 1. The molecule has 4 aromatic rings. The first-order valence-corrected chi connectivity index (χ1v) is 13.2. The Hall–Kier alpha value is -3.56. The fourth-order valence-corrected chi connectivity index (χ4v) is 6.59. The van der Waals surface area contributed by atoms with Gasteiger partial charge in [-0.05, 0) is 72.8 Å². The van der Waals surface area contributed by atoms with Crippen LogP contribution in [0.4, 0.5) is 4.39 Å². The van der Waals surface area contributed by atoms with Crippen molar-refractivity contribution in [3.63, 3.8) is 0 Å². The number of hydrogen-bond donors (Lipinski definition) is 0. The first kappa shape index (κ1) is 22.6. The van der Waals surface area contributed by atoms with Gasteiger partial charge in [0.15, 0.2) is 5.84 Å². The van der Waals surface area contributed by atoms with E-state index >= 15 is 0 Å². The summed E-state index contributed by atoms with van der Waals surface area (Å²) in [7, 11) is 0. The molecule has 188 valence electrons. The topological polar surface area (TPSA) is 64.8 Å². The average molecular weight is 516 g/mol. The minimum absolute atomic E-state index is 0.0283. The van der Waals surface area contributed by atoms with Gasteiger partial charge in [-0.2, -0.15) is 4.37 Å². The number of amidine groups is 1. The molecule has 37 heavy (non-hydrogen) atoms. The smallest absolute Gasteiger partial charge is 0.172 e. The molecular weight excluding hydrogens is 489 g/mol. The second kappa shape index (κ2) is 8.49. The van der Waals surface area contributed by atoms with Crippen LogP contribution in [0.1, 0.15) is 36.2 Å². The van der Waals surface area contributed by atoms with Crippen molar-refractivity contribution in [2.75, 3.05) is 19.8 Å². The molecule has 0 aliphatic carbocycles. The maximum absolute atomic E-state index is 13.7. The van der Waals surface area contributed by atoms with E-state index in [1.54, 1.807) is 0 Å². The number of benzene rings is 2. The van der Waals surface area contributed by atoms with Crippen molar-refractivity contribution in [1.29, 1.82) is 0 Å². The Balaban J connectivity index is 1.32. The van der Waals surface area contributed by atoms with Gasteiger partial charge in [-0.3, -0.25) is 0 Å². The molecular formula is C28H26FN5O2S. The molecule has 3 aliphatic rings. The number of hydrogen-bond acceptors (Lipinski definition) is 7. The fourth-order valence-electron chi connectivity index (χ4n) is 5.79. The Bertz CT molecular complexity index is 1550. The molecule has 9 heteroatoms. The van der Waals surface area contributed by atoms with Gasteiger partial charge < -0.3 is 19.0 Å². The van der Waals surface area contributed by atoms with Crippen LogP contribution in [0.15, 0.2) is 65.8 Å². The number of piperidine rings is 1. The highest BCUT2D eigenvalue weighted by Gasteiger charge is 2.50. The Labute approximate surface area is 218 Å². The Morgan fingerprint density at radius 3 is 2.73 bits per heavy atom. The molecule has 1 spiro atoms. The molecule has 0 amide bonds. The van der Waals surface area contributed by atoms with E-state index in [2.05, 4.69) is 37.6 Å². The van der Waals surface area contributed by atoms with Crippen LogP contribution in [0.2, 0.25) is 0 Å². The van der Waals surface area contributed by atoms with Crippen molar-refractivity contribution in [2.45, 2.75) is 32.4 Å². The quantitative estimate of drug-likeness (QED) is 0.360. The lowest BCUT2D eigenvalue weighted by atomic mass is 9.74. The molecule has 7 nitrogen and oxygen atoms in total. The van der Waals surface area contributed by atoms with Crippen molar-refractivity contribution in [1.82, 2.24) is 18.8 Å². The molecule has 2 fully saturated rings. The lowest BCUT2D eigenvalue weighted by Crippen LogP contribution is -2.59. The summed E-state index contributed by atoms with van der Waals surface area (Å²) < 4.78 is 27.1. The van der Waals surface area contributed by atoms with Crippen LogP contribution in [0.25, 0.3) is 21.8 Å². The average Bonchev–Trinajstić information content (AvgIpc) is 3.53. The van der Waals surface area contributed by atoms with Crippen LogP contribution in [0.5, 0.6) is 0 Å². The van der Waals surface area contributed by atoms with Gasteiger partial charge >= 0.3 is 0 Å². The van der Waals surface area contributed by atoms with Crippen molar-refractivity contribution in [3.05, 3.63) is 83.3 Å². The summed E-state index contributed by atoms with van der Waals surface area (Å²) in [5, 5.41) is 5.69. The molecule has 5 heterocycles. The summed E-state index contributed by atoms with van der Waals surface area (Å²) in [5.74, 6) is 0.600. The monoisotopic (exact) mass is 515 g/mol. The van der Waals surface area contributed by atoms with Crippen molar-refractivity contribution in [2.24, 2.45) is 10.6 Å². The Kier molecular flexibility index (Phi) is 5.19. The van der Waals surface area contributed by atoms with E-state index < -0.39 is 0 Å². The van der Waals surface area contributed by atoms with Gasteiger partial charge in [0, 0.05) is 29.7 Å². The number of halogens is 1. The van der Waals surface area contributed by atoms with Crippen LogP contribution < -0.4 is 0 Å². The summed E-state index contributed by atoms with van der Waals surface area (Å²) in [6.07, 6.45) is 8.72. The predicted molar refractivity (Wildman–Crippen MR) is 141 cm³/mol. The summed E-state index contributed by atoms with van der Waals surface area (Å²) in [6, 6.07) is 10.9. The number of rotatable bonds is 3. The van der Waals surface area contributed by atoms with Gasteiger partial charge in [0.05, 0.1) is 41.7 Å². The van der Waals surface area contributed by atoms with Crippen LogP contribution in [0.3, 0.4) is 0 Å². The third-order valence-electron chi connectivity index (χ3n) is 7.60. The zero-order chi connectivity index (χ0) is 25.1. The van der Waals surface area contributed by atoms with Crippen LogP contribution in [-0.2, 0) is 9.57 Å². The number of imidazole rings is 1. The fraction of sp³-hybridized carbons (Fsp3) is 0.321. The van der Waals surface area contributed by atoms with E-state index in [0.29, 0.717) is 13.2 Å². The molecule has 2 aromatic heterocycles. The van der Waals surface area contributed by atoms with E-state index in [-0.39, 0.29) is 23.4 Å². The first-order valence-electron chi connectivity index (χ1n) is 12.4. The molecule has 2 saturated heterocycles. The highest BCUT2D eigenvalue weighted by molar-refractivity contribution is 7.13.